The summed E-state index contributed by atoms with van der Waals surface area (Å²) in [5.41, 5.74) is 2.55. The van der Waals surface area contributed by atoms with Gasteiger partial charge < -0.3 is 19.1 Å². The molecule has 7 heteroatoms. The molecule has 2 aromatic carbocycles. The van der Waals surface area contributed by atoms with E-state index in [1.807, 2.05) is 49.4 Å². The number of carbonyl (C=O) groups excluding carboxylic acids is 2. The minimum atomic E-state index is -0.394. The molecule has 1 fully saturated rings. The Kier molecular flexibility index (Phi) is 7.61. The van der Waals surface area contributed by atoms with Gasteiger partial charge >= 0.3 is 6.09 Å². The van der Waals surface area contributed by atoms with Gasteiger partial charge in [0.2, 0.25) is 6.41 Å². The number of amides is 2. The Balaban J connectivity index is 1.52. The van der Waals surface area contributed by atoms with Crippen LogP contribution in [-0.2, 0) is 25.6 Å². The highest BCUT2D eigenvalue weighted by Crippen LogP contribution is 2.25. The first kappa shape index (κ1) is 20.8. The Hall–Kier alpha value is -2.90. The van der Waals surface area contributed by atoms with E-state index in [2.05, 4.69) is 0 Å². The van der Waals surface area contributed by atoms with Crippen LogP contribution in [0.25, 0.3) is 0 Å². The smallest absolute Gasteiger partial charge is 0.414 e. The minimum Gasteiger partial charge on any atom is -0.441 e. The second-order valence-corrected chi connectivity index (χ2v) is 6.63. The van der Waals surface area contributed by atoms with Gasteiger partial charge in [-0.25, -0.2) is 4.79 Å². The second kappa shape index (κ2) is 10.6. The molecule has 7 nitrogen and oxygen atoms in total. The summed E-state index contributed by atoms with van der Waals surface area (Å²) in [6, 6.07) is 17.1. The number of anilines is 2. The zero-order chi connectivity index (χ0) is 20.5. The van der Waals surface area contributed by atoms with Crippen molar-refractivity contribution in [1.82, 2.24) is 0 Å². The Labute approximate surface area is 170 Å². The van der Waals surface area contributed by atoms with Gasteiger partial charge in [0, 0.05) is 24.5 Å². The van der Waals surface area contributed by atoms with Crippen molar-refractivity contribution in [2.45, 2.75) is 19.6 Å². The van der Waals surface area contributed by atoms with Gasteiger partial charge in [0.15, 0.2) is 0 Å². The van der Waals surface area contributed by atoms with Gasteiger partial charge in [-0.2, -0.15) is 0 Å². The van der Waals surface area contributed by atoms with Crippen molar-refractivity contribution in [1.29, 1.82) is 0 Å². The van der Waals surface area contributed by atoms with Gasteiger partial charge in [0.05, 0.1) is 26.4 Å². The number of benzene rings is 2. The molecular formula is C22H26N2O5. The van der Waals surface area contributed by atoms with E-state index < -0.39 is 6.09 Å². The molecule has 1 aliphatic rings. The van der Waals surface area contributed by atoms with Crippen LogP contribution in [0.2, 0.25) is 0 Å². The summed E-state index contributed by atoms with van der Waals surface area (Å²) in [6.07, 6.45) is 0.0660. The van der Waals surface area contributed by atoms with Crippen LogP contribution in [0.1, 0.15) is 12.5 Å². The highest BCUT2D eigenvalue weighted by molar-refractivity contribution is 5.90. The third kappa shape index (κ3) is 5.79. The van der Waals surface area contributed by atoms with E-state index in [1.54, 1.807) is 21.9 Å². The van der Waals surface area contributed by atoms with Crippen LogP contribution < -0.4 is 9.80 Å². The molecule has 3 rings (SSSR count). The summed E-state index contributed by atoms with van der Waals surface area (Å²) in [5.74, 6) is 0. The van der Waals surface area contributed by atoms with E-state index in [-0.39, 0.29) is 6.10 Å². The monoisotopic (exact) mass is 398 g/mol. The number of nitrogens with zero attached hydrogens (tertiary/aromatic N) is 2. The Morgan fingerprint density at radius 2 is 1.90 bits per heavy atom. The Morgan fingerprint density at radius 1 is 1.14 bits per heavy atom. The maximum Gasteiger partial charge on any atom is 0.414 e. The van der Waals surface area contributed by atoms with Crippen molar-refractivity contribution < 1.29 is 23.8 Å². The first-order valence-electron chi connectivity index (χ1n) is 9.71. The van der Waals surface area contributed by atoms with Crippen LogP contribution in [0.3, 0.4) is 0 Å². The summed E-state index contributed by atoms with van der Waals surface area (Å²) in [6.45, 7) is 4.71. The topological polar surface area (TPSA) is 68.3 Å². The summed E-state index contributed by atoms with van der Waals surface area (Å²) in [5, 5.41) is 0. The summed E-state index contributed by atoms with van der Waals surface area (Å²) >= 11 is 0. The van der Waals surface area contributed by atoms with E-state index in [1.165, 1.54) is 0 Å². The van der Waals surface area contributed by atoms with Crippen LogP contribution in [0.4, 0.5) is 16.2 Å². The molecule has 1 heterocycles. The SMILES string of the molecule is CCOCCN(C=O)c1ccc(N2CC(COCc3ccccc3)OC2=O)cc1. The summed E-state index contributed by atoms with van der Waals surface area (Å²) in [4.78, 5) is 26.7. The number of hydrogen-bond donors (Lipinski definition) is 0. The maximum atomic E-state index is 12.2. The van der Waals surface area contributed by atoms with Crippen LogP contribution in [0.15, 0.2) is 54.6 Å². The van der Waals surface area contributed by atoms with Crippen molar-refractivity contribution in [2.75, 3.05) is 42.7 Å². The van der Waals surface area contributed by atoms with Gasteiger partial charge in [0.25, 0.3) is 0 Å². The third-order valence-corrected chi connectivity index (χ3v) is 4.59. The van der Waals surface area contributed by atoms with Crippen LogP contribution in [0.5, 0.6) is 0 Å². The second-order valence-electron chi connectivity index (χ2n) is 6.63. The minimum absolute atomic E-state index is 0.316. The first-order valence-corrected chi connectivity index (χ1v) is 9.71. The fourth-order valence-electron chi connectivity index (χ4n) is 3.08. The van der Waals surface area contributed by atoms with E-state index in [0.717, 1.165) is 23.3 Å². The Morgan fingerprint density at radius 3 is 2.59 bits per heavy atom. The molecule has 0 radical (unpaired) electrons. The van der Waals surface area contributed by atoms with Gasteiger partial charge in [-0.05, 0) is 36.8 Å². The fraction of sp³-hybridized carbons (Fsp3) is 0.364. The van der Waals surface area contributed by atoms with Crippen molar-refractivity contribution in [3.63, 3.8) is 0 Å². The van der Waals surface area contributed by atoms with Gasteiger partial charge in [0.1, 0.15) is 6.10 Å². The maximum absolute atomic E-state index is 12.2. The van der Waals surface area contributed by atoms with Gasteiger partial charge in [-0.3, -0.25) is 9.69 Å². The fourth-order valence-corrected chi connectivity index (χ4v) is 3.08. The quantitative estimate of drug-likeness (QED) is 0.429. The summed E-state index contributed by atoms with van der Waals surface area (Å²) in [7, 11) is 0. The Bertz CT molecular complexity index is 782. The molecular weight excluding hydrogens is 372 g/mol. The molecule has 29 heavy (non-hydrogen) atoms. The van der Waals surface area contributed by atoms with Gasteiger partial charge in [-0.1, -0.05) is 30.3 Å². The molecule has 1 aliphatic heterocycles. The van der Waals surface area contributed by atoms with Crippen LogP contribution in [-0.4, -0.2) is 51.5 Å². The largest absolute Gasteiger partial charge is 0.441 e. The number of cyclic esters (lactones) is 1. The average molecular weight is 398 g/mol. The zero-order valence-corrected chi connectivity index (χ0v) is 16.5. The van der Waals surface area contributed by atoms with E-state index in [0.29, 0.717) is 39.5 Å². The molecule has 0 bridgehead atoms. The standard InChI is InChI=1S/C22H26N2O5/c1-2-27-13-12-23(17-25)19-8-10-20(11-9-19)24-14-21(29-22(24)26)16-28-15-18-6-4-3-5-7-18/h3-11,17,21H,2,12-16H2,1H3. The molecule has 0 saturated carbocycles. The third-order valence-electron chi connectivity index (χ3n) is 4.59. The lowest BCUT2D eigenvalue weighted by Gasteiger charge is -2.19. The number of ether oxygens (including phenoxy) is 3. The van der Waals surface area contributed by atoms with E-state index in [9.17, 15) is 9.59 Å². The molecule has 0 aromatic heterocycles. The van der Waals surface area contributed by atoms with Crippen molar-refractivity contribution in [3.05, 3.63) is 60.2 Å². The van der Waals surface area contributed by atoms with Gasteiger partial charge in [-0.15, -0.1) is 0 Å². The number of rotatable bonds is 11. The molecule has 0 aliphatic carbocycles. The first-order chi connectivity index (χ1) is 14.2. The van der Waals surface area contributed by atoms with Crippen molar-refractivity contribution in [3.8, 4) is 0 Å². The van der Waals surface area contributed by atoms with E-state index >= 15 is 0 Å². The number of hydrogen-bond acceptors (Lipinski definition) is 5. The molecule has 1 unspecified atom stereocenters. The molecule has 1 atom stereocenters. The predicted octanol–water partition coefficient (Wildman–Crippen LogP) is 3.23. The van der Waals surface area contributed by atoms with E-state index in [4.69, 9.17) is 14.2 Å². The normalized spacial score (nSPS) is 16.0. The van der Waals surface area contributed by atoms with Crippen molar-refractivity contribution in [2.24, 2.45) is 0 Å². The van der Waals surface area contributed by atoms with Crippen LogP contribution in [0, 0.1) is 0 Å². The lowest BCUT2D eigenvalue weighted by atomic mass is 10.2. The highest BCUT2D eigenvalue weighted by Gasteiger charge is 2.32. The lowest BCUT2D eigenvalue weighted by molar-refractivity contribution is -0.107. The summed E-state index contributed by atoms with van der Waals surface area (Å²) < 4.78 is 16.4. The van der Waals surface area contributed by atoms with Crippen molar-refractivity contribution >= 4 is 23.9 Å². The molecule has 0 N–H and O–H groups in total. The molecule has 2 aromatic rings. The lowest BCUT2D eigenvalue weighted by Crippen LogP contribution is -2.27. The predicted molar refractivity (Wildman–Crippen MR) is 110 cm³/mol. The van der Waals surface area contributed by atoms with Crippen LogP contribution >= 0.6 is 0 Å². The molecule has 154 valence electrons. The molecule has 2 amide bonds. The highest BCUT2D eigenvalue weighted by atomic mass is 16.6. The average Bonchev–Trinajstić information content (AvgIpc) is 3.13. The zero-order valence-electron chi connectivity index (χ0n) is 16.5. The molecule has 0 spiro atoms. The molecule has 1 saturated heterocycles. The number of carbonyl (C=O) groups is 2.